The largest absolute Gasteiger partial charge is 1.00 e. The van der Waals surface area contributed by atoms with E-state index in [0.29, 0.717) is 0 Å². The van der Waals surface area contributed by atoms with Crippen LogP contribution >= 0.6 is 0 Å². The van der Waals surface area contributed by atoms with E-state index in [2.05, 4.69) is 0 Å². The zero-order chi connectivity index (χ0) is 23.1. The Hall–Kier alpha value is 4.30. The Bertz CT molecular complexity index is 315. The molecule has 0 heterocycles. The molecule has 0 radical (unpaired) electrons. The summed E-state index contributed by atoms with van der Waals surface area (Å²) < 4.78 is 16.0. The van der Waals surface area contributed by atoms with Gasteiger partial charge in [0.2, 0.25) is 0 Å². The van der Waals surface area contributed by atoms with E-state index in [9.17, 15) is 14.4 Å². The van der Waals surface area contributed by atoms with E-state index in [1.54, 1.807) is 39.3 Å². The van der Waals surface area contributed by atoms with Crippen molar-refractivity contribution in [1.29, 1.82) is 0 Å². The van der Waals surface area contributed by atoms with Crippen molar-refractivity contribution in [3.63, 3.8) is 0 Å². The topological polar surface area (TPSA) is 96.9 Å². The Balaban J connectivity index is -0.0000000686. The van der Waals surface area contributed by atoms with E-state index >= 15 is 0 Å². The summed E-state index contributed by atoms with van der Waals surface area (Å²) in [5.41, 5.74) is 0. The van der Waals surface area contributed by atoms with Crippen molar-refractivity contribution in [3.8, 4) is 0 Å². The summed E-state index contributed by atoms with van der Waals surface area (Å²) in [4.78, 5) is 33.2. The Kier molecular flexibility index (Phi) is 29.3. The Labute approximate surface area is 271 Å². The van der Waals surface area contributed by atoms with Gasteiger partial charge in [0.1, 0.15) is 0 Å². The zero-order valence-corrected chi connectivity index (χ0v) is 34.6. The molecule has 0 aromatic carbocycles. The van der Waals surface area contributed by atoms with Crippen LogP contribution in [0.2, 0.25) is 98.2 Å². The van der Waals surface area contributed by atoms with Crippen LogP contribution in [0.25, 0.3) is 0 Å². The maximum Gasteiger partial charge on any atom is 1.00 e. The average Bonchev–Trinajstić information content (AvgIpc) is 1.96. The molecule has 0 N–H and O–H groups in total. The van der Waals surface area contributed by atoms with Crippen LogP contribution in [0.5, 0.6) is 0 Å². The maximum absolute atomic E-state index is 11.1. The molecule has 0 bridgehead atoms. The monoisotopic (exact) mass is 558 g/mol. The Morgan fingerprint density at radius 1 is 0.400 bits per heavy atom. The SMILES string of the molecule is C[Si](C)(C)O[Si](C)(C)[O-].C[Si](C)(C)O[Si](C)(C)[O-].C[Si](C)(C)O[Si](C)(C)[O-].[K+].[Li+].[Na+]. The minimum absolute atomic E-state index is 0. The summed E-state index contributed by atoms with van der Waals surface area (Å²) in [6.07, 6.45) is 0. The van der Waals surface area contributed by atoms with Crippen molar-refractivity contribution in [2.75, 3.05) is 0 Å². The zero-order valence-electron chi connectivity index (χ0n) is 23.4. The second kappa shape index (κ2) is 18.5. The first kappa shape index (κ1) is 47.5. The normalized spacial score (nSPS) is 12.6. The van der Waals surface area contributed by atoms with Crippen molar-refractivity contribution < 1.29 is 127 Å². The molecule has 0 aromatic rings. The van der Waals surface area contributed by atoms with Crippen molar-refractivity contribution in [2.45, 2.75) is 98.2 Å². The third-order valence-electron chi connectivity index (χ3n) is 1.66. The standard InChI is InChI=1S/3C5H15O2Si2.K.Li.Na/c3*1-8(2,3)7-9(4,5)6;;;/h3*1-5H3;;;/q3*-1;3*+1. The van der Waals surface area contributed by atoms with Gasteiger partial charge in [-0.2, -0.15) is 0 Å². The predicted octanol–water partition coefficient (Wildman–Crippen LogP) is -6.29. The van der Waals surface area contributed by atoms with E-state index in [4.69, 9.17) is 12.3 Å². The minimum Gasteiger partial charge on any atom is -0.839 e. The van der Waals surface area contributed by atoms with E-state index < -0.39 is 50.6 Å². The van der Waals surface area contributed by atoms with Gasteiger partial charge in [0, 0.05) is 0 Å². The van der Waals surface area contributed by atoms with Crippen LogP contribution in [0.4, 0.5) is 0 Å². The fourth-order valence-corrected chi connectivity index (χ4v) is 19.9. The van der Waals surface area contributed by atoms with Crippen LogP contribution in [0, 0.1) is 0 Å². The first-order valence-corrected chi connectivity index (χ1v) is 28.0. The van der Waals surface area contributed by atoms with Gasteiger partial charge in [-0.05, 0) is 58.9 Å². The van der Waals surface area contributed by atoms with Gasteiger partial charge in [-0.25, -0.2) is 0 Å². The Morgan fingerprint density at radius 2 is 0.500 bits per heavy atom. The predicted molar refractivity (Wildman–Crippen MR) is 126 cm³/mol. The van der Waals surface area contributed by atoms with Crippen LogP contribution in [0.1, 0.15) is 0 Å². The molecular formula is C15H45KLiNaO6Si6. The molecule has 168 valence electrons. The maximum atomic E-state index is 11.1. The first-order valence-electron chi connectivity index (χ1n) is 9.34. The molecule has 0 atom stereocenters. The summed E-state index contributed by atoms with van der Waals surface area (Å²) in [6, 6.07) is 0. The van der Waals surface area contributed by atoms with Crippen LogP contribution in [-0.2, 0) is 12.3 Å². The molecular weight excluding hydrogens is 514 g/mol. The van der Waals surface area contributed by atoms with Gasteiger partial charge in [-0.3, -0.25) is 0 Å². The van der Waals surface area contributed by atoms with Gasteiger partial charge in [0.25, 0.3) is 0 Å². The first-order chi connectivity index (χ1) is 11.1. The van der Waals surface area contributed by atoms with Crippen LogP contribution in [0.3, 0.4) is 0 Å². The summed E-state index contributed by atoms with van der Waals surface area (Å²) >= 11 is 0. The van der Waals surface area contributed by atoms with Gasteiger partial charge in [-0.1, -0.05) is 39.3 Å². The van der Waals surface area contributed by atoms with Crippen LogP contribution in [-0.4, -0.2) is 50.6 Å². The molecule has 15 heteroatoms. The Morgan fingerprint density at radius 3 is 0.500 bits per heavy atom. The molecule has 0 amide bonds. The molecule has 30 heavy (non-hydrogen) atoms. The average molecular weight is 559 g/mol. The van der Waals surface area contributed by atoms with Gasteiger partial charge in [0.15, 0.2) is 25.0 Å². The van der Waals surface area contributed by atoms with E-state index in [0.717, 1.165) is 0 Å². The second-order valence-electron chi connectivity index (χ2n) is 10.8. The smallest absolute Gasteiger partial charge is 0.839 e. The van der Waals surface area contributed by atoms with E-state index in [1.165, 1.54) is 0 Å². The van der Waals surface area contributed by atoms with Crippen molar-refractivity contribution in [2.24, 2.45) is 0 Å². The quantitative estimate of drug-likeness (QED) is 0.301. The summed E-state index contributed by atoms with van der Waals surface area (Å²) in [6.45, 7) is 28.5. The molecule has 0 aromatic heterocycles. The van der Waals surface area contributed by atoms with E-state index in [1.807, 2.05) is 58.9 Å². The van der Waals surface area contributed by atoms with Crippen molar-refractivity contribution in [1.82, 2.24) is 0 Å². The van der Waals surface area contributed by atoms with Gasteiger partial charge < -0.3 is 26.7 Å². The number of rotatable bonds is 6. The number of hydrogen-bond acceptors (Lipinski definition) is 6. The molecule has 0 saturated heterocycles. The third-order valence-corrected chi connectivity index (χ3v) is 14.9. The molecule has 0 aliphatic carbocycles. The van der Waals surface area contributed by atoms with Gasteiger partial charge in [0.05, 0.1) is 25.7 Å². The minimum atomic E-state index is -2.48. The van der Waals surface area contributed by atoms with Gasteiger partial charge in [-0.15, -0.1) is 0 Å². The molecule has 0 aliphatic heterocycles. The fraction of sp³-hybridized carbons (Fsp3) is 1.00. The summed E-state index contributed by atoms with van der Waals surface area (Å²) in [5.74, 6) is 0. The van der Waals surface area contributed by atoms with Gasteiger partial charge >= 0.3 is 99.8 Å². The summed E-state index contributed by atoms with van der Waals surface area (Å²) in [7, 11) is -12.1. The molecule has 0 fully saturated rings. The van der Waals surface area contributed by atoms with E-state index in [-0.39, 0.29) is 99.8 Å². The molecule has 0 unspecified atom stereocenters. The van der Waals surface area contributed by atoms with Crippen LogP contribution < -0.4 is 114 Å². The van der Waals surface area contributed by atoms with Crippen LogP contribution in [0.15, 0.2) is 0 Å². The summed E-state index contributed by atoms with van der Waals surface area (Å²) in [5, 5.41) is 0. The second-order valence-corrected chi connectivity index (χ2v) is 34.4. The third kappa shape index (κ3) is 63.6. The fourth-order valence-electron chi connectivity index (χ4n) is 2.21. The molecule has 0 spiro atoms. The molecule has 0 aliphatic rings. The van der Waals surface area contributed by atoms with Crippen molar-refractivity contribution in [3.05, 3.63) is 0 Å². The number of hydrogen-bond donors (Lipinski definition) is 0. The molecule has 6 nitrogen and oxygen atoms in total. The molecule has 0 saturated carbocycles. The van der Waals surface area contributed by atoms with Crippen molar-refractivity contribution >= 4 is 50.6 Å². The molecule has 0 rings (SSSR count).